The SMILES string of the molecule is Br.Cn1c(-c2ccc(Cl)c(S(N)(=O)=O)c2)csc1=Nc1ccc2c(c1)OCO2. The monoisotopic (exact) mass is 503 g/mol. The maximum atomic E-state index is 11.7. The zero-order chi connectivity index (χ0) is 19.2. The summed E-state index contributed by atoms with van der Waals surface area (Å²) < 4.78 is 36.0. The highest BCUT2D eigenvalue weighted by Gasteiger charge is 2.16. The van der Waals surface area contributed by atoms with Gasteiger partial charge in [-0.15, -0.1) is 28.3 Å². The van der Waals surface area contributed by atoms with Crippen LogP contribution in [0.1, 0.15) is 0 Å². The molecule has 0 fully saturated rings. The van der Waals surface area contributed by atoms with Crippen molar-refractivity contribution in [3.05, 3.63) is 51.6 Å². The van der Waals surface area contributed by atoms with Crippen LogP contribution in [0.25, 0.3) is 11.3 Å². The van der Waals surface area contributed by atoms with Gasteiger partial charge in [-0.2, -0.15) is 0 Å². The number of halogens is 2. The Morgan fingerprint density at radius 2 is 1.93 bits per heavy atom. The van der Waals surface area contributed by atoms with Crippen LogP contribution >= 0.6 is 39.9 Å². The Bertz CT molecular complexity index is 1220. The van der Waals surface area contributed by atoms with Gasteiger partial charge in [0.1, 0.15) is 4.90 Å². The molecule has 0 aliphatic carbocycles. The van der Waals surface area contributed by atoms with Gasteiger partial charge in [0, 0.05) is 24.1 Å². The second-order valence-corrected chi connectivity index (χ2v) is 8.58. The lowest BCUT2D eigenvalue weighted by molar-refractivity contribution is 0.174. The van der Waals surface area contributed by atoms with Crippen LogP contribution in [0.4, 0.5) is 5.69 Å². The third-order valence-electron chi connectivity index (χ3n) is 4.04. The van der Waals surface area contributed by atoms with Gasteiger partial charge in [-0.25, -0.2) is 18.5 Å². The zero-order valence-corrected chi connectivity index (χ0v) is 18.6. The smallest absolute Gasteiger partial charge is 0.239 e. The van der Waals surface area contributed by atoms with Crippen molar-refractivity contribution in [2.24, 2.45) is 17.2 Å². The number of nitrogens with two attached hydrogens (primary N) is 1. The Morgan fingerprint density at radius 3 is 2.68 bits per heavy atom. The number of thiazole rings is 1. The molecule has 0 saturated heterocycles. The van der Waals surface area contributed by atoms with Crippen molar-refractivity contribution in [2.45, 2.75) is 4.90 Å². The molecule has 0 bridgehead atoms. The van der Waals surface area contributed by atoms with Crippen LogP contribution in [-0.2, 0) is 17.1 Å². The molecule has 2 heterocycles. The van der Waals surface area contributed by atoms with Crippen LogP contribution in [0.3, 0.4) is 0 Å². The van der Waals surface area contributed by atoms with E-state index in [4.69, 9.17) is 26.2 Å². The summed E-state index contributed by atoms with van der Waals surface area (Å²) in [4.78, 5) is 5.25. The molecule has 148 valence electrons. The lowest BCUT2D eigenvalue weighted by Gasteiger charge is -2.07. The lowest BCUT2D eigenvalue weighted by atomic mass is 10.2. The maximum absolute atomic E-state index is 11.7. The number of hydrogen-bond acceptors (Lipinski definition) is 6. The standard InChI is InChI=1S/C17H14ClN3O4S2.BrH/c1-21-13(10-2-4-12(18)16(6-10)27(19,22)23)8-26-17(21)20-11-3-5-14-15(7-11)25-9-24-14;/h2-8H,9H2,1H3,(H2,19,22,23);1H. The molecule has 0 unspecified atom stereocenters. The first-order valence-corrected chi connectivity index (χ1v) is 10.5. The first kappa shape index (κ1) is 20.9. The van der Waals surface area contributed by atoms with Crippen molar-refractivity contribution in [3.63, 3.8) is 0 Å². The minimum atomic E-state index is -3.91. The van der Waals surface area contributed by atoms with E-state index in [0.717, 1.165) is 16.2 Å². The summed E-state index contributed by atoms with van der Waals surface area (Å²) in [5, 5.41) is 7.22. The average Bonchev–Trinajstić information content (AvgIpc) is 3.21. The molecule has 0 spiro atoms. The fraction of sp³-hybridized carbons (Fsp3) is 0.118. The second-order valence-electron chi connectivity index (χ2n) is 5.80. The van der Waals surface area contributed by atoms with E-state index in [1.807, 2.05) is 35.2 Å². The molecule has 7 nitrogen and oxygen atoms in total. The molecule has 3 aromatic rings. The minimum absolute atomic E-state index is 0. The van der Waals surface area contributed by atoms with E-state index in [9.17, 15) is 8.42 Å². The van der Waals surface area contributed by atoms with Gasteiger partial charge in [-0.1, -0.05) is 17.7 Å². The van der Waals surface area contributed by atoms with Crippen LogP contribution in [0.5, 0.6) is 11.5 Å². The predicted octanol–water partition coefficient (Wildman–Crippen LogP) is 3.59. The Labute approximate surface area is 180 Å². The molecular formula is C17H15BrClN3O4S2. The number of fused-ring (bicyclic) bond motifs is 1. The van der Waals surface area contributed by atoms with Gasteiger partial charge in [0.25, 0.3) is 0 Å². The molecule has 2 N–H and O–H groups in total. The van der Waals surface area contributed by atoms with Crippen LogP contribution in [-0.4, -0.2) is 19.8 Å². The van der Waals surface area contributed by atoms with E-state index in [0.29, 0.717) is 17.1 Å². The maximum Gasteiger partial charge on any atom is 0.239 e. The average molecular weight is 505 g/mol. The molecule has 1 aliphatic rings. The Hall–Kier alpha value is -1.85. The lowest BCUT2D eigenvalue weighted by Crippen LogP contribution is -2.13. The number of primary sulfonamides is 1. The summed E-state index contributed by atoms with van der Waals surface area (Å²) in [6, 6.07) is 10.2. The predicted molar refractivity (Wildman–Crippen MR) is 113 cm³/mol. The highest BCUT2D eigenvalue weighted by atomic mass is 79.9. The van der Waals surface area contributed by atoms with E-state index < -0.39 is 10.0 Å². The summed E-state index contributed by atoms with van der Waals surface area (Å²) in [6.07, 6.45) is 0. The first-order chi connectivity index (χ1) is 12.8. The molecule has 0 radical (unpaired) electrons. The van der Waals surface area contributed by atoms with E-state index in [-0.39, 0.29) is 33.7 Å². The molecule has 0 saturated carbocycles. The largest absolute Gasteiger partial charge is 0.454 e. The molecule has 11 heteroatoms. The van der Waals surface area contributed by atoms with Crippen molar-refractivity contribution < 1.29 is 17.9 Å². The molecule has 2 aromatic carbocycles. The van der Waals surface area contributed by atoms with Gasteiger partial charge in [0.05, 0.1) is 16.4 Å². The molecule has 1 aromatic heterocycles. The molecule has 0 amide bonds. The summed E-state index contributed by atoms with van der Waals surface area (Å²) in [7, 11) is -2.06. The van der Waals surface area contributed by atoms with Crippen LogP contribution in [0.15, 0.2) is 51.7 Å². The summed E-state index contributed by atoms with van der Waals surface area (Å²) in [6.45, 7) is 0.207. The van der Waals surface area contributed by atoms with Gasteiger partial charge >= 0.3 is 0 Å². The van der Waals surface area contributed by atoms with Crippen molar-refractivity contribution >= 4 is 55.6 Å². The van der Waals surface area contributed by atoms with Gasteiger partial charge in [-0.3, -0.25) is 0 Å². The number of nitrogens with zero attached hydrogens (tertiary/aromatic N) is 2. The van der Waals surface area contributed by atoms with E-state index in [1.54, 1.807) is 6.07 Å². The topological polar surface area (TPSA) is 95.9 Å². The van der Waals surface area contributed by atoms with Gasteiger partial charge in [0.15, 0.2) is 16.3 Å². The minimum Gasteiger partial charge on any atom is -0.454 e. The quantitative estimate of drug-likeness (QED) is 0.589. The molecule has 28 heavy (non-hydrogen) atoms. The first-order valence-electron chi connectivity index (χ1n) is 7.74. The number of benzene rings is 2. The highest BCUT2D eigenvalue weighted by Crippen LogP contribution is 2.35. The molecule has 0 atom stereocenters. The van der Waals surface area contributed by atoms with E-state index in [1.165, 1.54) is 23.5 Å². The fourth-order valence-corrected chi connectivity index (χ4v) is 4.68. The van der Waals surface area contributed by atoms with Gasteiger partial charge in [-0.05, 0) is 24.3 Å². The van der Waals surface area contributed by atoms with Crippen LogP contribution < -0.4 is 19.4 Å². The third kappa shape index (κ3) is 3.96. The Morgan fingerprint density at radius 1 is 1.18 bits per heavy atom. The highest BCUT2D eigenvalue weighted by molar-refractivity contribution is 8.93. The number of aromatic nitrogens is 1. The van der Waals surface area contributed by atoms with E-state index in [2.05, 4.69) is 4.99 Å². The molecular weight excluding hydrogens is 490 g/mol. The van der Waals surface area contributed by atoms with Crippen molar-refractivity contribution in [1.82, 2.24) is 4.57 Å². The van der Waals surface area contributed by atoms with Crippen LogP contribution in [0.2, 0.25) is 5.02 Å². The number of sulfonamides is 1. The molecule has 1 aliphatic heterocycles. The van der Waals surface area contributed by atoms with Crippen molar-refractivity contribution in [3.8, 4) is 22.8 Å². The summed E-state index contributed by atoms with van der Waals surface area (Å²) in [5.41, 5.74) is 2.19. The molecule has 4 rings (SSSR count). The van der Waals surface area contributed by atoms with Crippen molar-refractivity contribution in [1.29, 1.82) is 0 Å². The Balaban J connectivity index is 0.00000225. The van der Waals surface area contributed by atoms with Gasteiger partial charge in [0.2, 0.25) is 16.8 Å². The van der Waals surface area contributed by atoms with E-state index >= 15 is 0 Å². The summed E-state index contributed by atoms with van der Waals surface area (Å²) >= 11 is 7.39. The van der Waals surface area contributed by atoms with Crippen LogP contribution in [0, 0.1) is 0 Å². The normalized spacial score (nSPS) is 13.5. The number of hydrogen-bond donors (Lipinski definition) is 1. The third-order valence-corrected chi connectivity index (χ3v) is 6.35. The Kier molecular flexibility index (Phi) is 5.87. The van der Waals surface area contributed by atoms with Gasteiger partial charge < -0.3 is 14.0 Å². The number of ether oxygens (including phenoxy) is 2. The van der Waals surface area contributed by atoms with Crippen molar-refractivity contribution in [2.75, 3.05) is 6.79 Å². The summed E-state index contributed by atoms with van der Waals surface area (Å²) in [5.74, 6) is 1.35. The number of rotatable bonds is 3. The fourth-order valence-electron chi connectivity index (χ4n) is 2.68. The zero-order valence-electron chi connectivity index (χ0n) is 14.5. The second kappa shape index (κ2) is 7.88.